The van der Waals surface area contributed by atoms with Crippen molar-refractivity contribution in [2.24, 2.45) is 11.7 Å². The van der Waals surface area contributed by atoms with Crippen molar-refractivity contribution in [3.05, 3.63) is 29.8 Å². The Morgan fingerprint density at radius 1 is 1.19 bits per heavy atom. The third kappa shape index (κ3) is 2.95. The fourth-order valence-electron chi connectivity index (χ4n) is 3.98. The van der Waals surface area contributed by atoms with Gasteiger partial charge in [0.2, 0.25) is 0 Å². The molecule has 116 valence electrons. The summed E-state index contributed by atoms with van der Waals surface area (Å²) in [5.41, 5.74) is 7.69. The molecule has 3 heteroatoms. The Labute approximate surface area is 128 Å². The first-order valence-corrected chi connectivity index (χ1v) is 8.40. The molecule has 0 bridgehead atoms. The van der Waals surface area contributed by atoms with E-state index in [0.717, 1.165) is 17.2 Å². The minimum absolute atomic E-state index is 0.0591. The molecule has 0 amide bonds. The van der Waals surface area contributed by atoms with Crippen molar-refractivity contribution >= 4 is 0 Å². The van der Waals surface area contributed by atoms with Crippen LogP contribution in [0, 0.1) is 5.92 Å². The highest BCUT2D eigenvalue weighted by molar-refractivity contribution is 5.38. The molecule has 21 heavy (non-hydrogen) atoms. The quantitative estimate of drug-likeness (QED) is 0.927. The van der Waals surface area contributed by atoms with Crippen LogP contribution in [0.1, 0.15) is 50.6 Å². The topological polar surface area (TPSA) is 38.5 Å². The molecule has 2 atom stereocenters. The Bertz CT molecular complexity index is 468. The number of hydrogen-bond donors (Lipinski definition) is 1. The fourth-order valence-corrected chi connectivity index (χ4v) is 3.98. The predicted octanol–water partition coefficient (Wildman–Crippen LogP) is 3.35. The number of nitrogens with two attached hydrogens (primary N) is 1. The Morgan fingerprint density at radius 2 is 1.90 bits per heavy atom. The molecule has 0 radical (unpaired) electrons. The maximum Gasteiger partial charge on any atom is 0.124 e. The number of fused-ring (bicyclic) bond motifs is 1. The van der Waals surface area contributed by atoms with Crippen LogP contribution in [0.5, 0.6) is 5.75 Å². The molecule has 2 aliphatic rings. The molecule has 1 aromatic carbocycles. The van der Waals surface area contributed by atoms with Crippen molar-refractivity contribution in [1.82, 2.24) is 4.90 Å². The van der Waals surface area contributed by atoms with Gasteiger partial charge in [-0.2, -0.15) is 0 Å². The molecule has 1 heterocycles. The molecule has 3 rings (SSSR count). The Kier molecular flexibility index (Phi) is 4.51. The van der Waals surface area contributed by atoms with Crippen molar-refractivity contribution in [3.8, 4) is 5.75 Å². The maximum atomic E-state index is 6.53. The van der Waals surface area contributed by atoms with E-state index in [9.17, 15) is 0 Å². The lowest BCUT2D eigenvalue weighted by Crippen LogP contribution is -2.51. The van der Waals surface area contributed by atoms with E-state index in [1.807, 2.05) is 12.1 Å². The molecular weight excluding hydrogens is 260 g/mol. The Balaban J connectivity index is 1.67. The summed E-state index contributed by atoms with van der Waals surface area (Å²) in [5, 5.41) is 0. The molecule has 1 fully saturated rings. The summed E-state index contributed by atoms with van der Waals surface area (Å²) >= 11 is 0. The Morgan fingerprint density at radius 3 is 2.62 bits per heavy atom. The maximum absolute atomic E-state index is 6.53. The largest absolute Gasteiger partial charge is 0.492 e. The number of rotatable bonds is 3. The normalized spacial score (nSPS) is 32.6. The van der Waals surface area contributed by atoms with Crippen LogP contribution < -0.4 is 10.5 Å². The highest BCUT2D eigenvalue weighted by Crippen LogP contribution is 2.35. The Hall–Kier alpha value is -1.06. The summed E-state index contributed by atoms with van der Waals surface area (Å²) in [4.78, 5) is 2.49. The summed E-state index contributed by atoms with van der Waals surface area (Å²) in [6.07, 6.45) is 6.67. The van der Waals surface area contributed by atoms with E-state index in [0.29, 0.717) is 18.7 Å². The first kappa shape index (κ1) is 14.9. The number of likely N-dealkylation sites (N-methyl/N-ethyl adjacent to an activating group) is 1. The van der Waals surface area contributed by atoms with Gasteiger partial charge >= 0.3 is 0 Å². The second kappa shape index (κ2) is 6.37. The zero-order valence-corrected chi connectivity index (χ0v) is 13.3. The summed E-state index contributed by atoms with van der Waals surface area (Å²) < 4.78 is 5.94. The van der Waals surface area contributed by atoms with Crippen LogP contribution in [-0.4, -0.2) is 30.6 Å². The van der Waals surface area contributed by atoms with Crippen molar-refractivity contribution < 1.29 is 4.74 Å². The predicted molar refractivity (Wildman–Crippen MR) is 86.5 cm³/mol. The number of hydrogen-bond acceptors (Lipinski definition) is 3. The summed E-state index contributed by atoms with van der Waals surface area (Å²) in [7, 11) is 2.23. The molecule has 3 nitrogen and oxygen atoms in total. The van der Waals surface area contributed by atoms with E-state index >= 15 is 0 Å². The zero-order valence-electron chi connectivity index (χ0n) is 13.3. The number of para-hydroxylation sites is 1. The van der Waals surface area contributed by atoms with Gasteiger partial charge in [-0.1, -0.05) is 31.5 Å². The molecule has 0 saturated heterocycles. The van der Waals surface area contributed by atoms with Crippen molar-refractivity contribution in [2.75, 3.05) is 13.7 Å². The lowest BCUT2D eigenvalue weighted by molar-refractivity contribution is 0.0611. The molecule has 2 N–H and O–H groups in total. The first-order chi connectivity index (χ1) is 10.2. The van der Waals surface area contributed by atoms with Gasteiger partial charge in [-0.3, -0.25) is 4.90 Å². The lowest BCUT2D eigenvalue weighted by atomic mass is 9.83. The van der Waals surface area contributed by atoms with Gasteiger partial charge < -0.3 is 10.5 Å². The molecular formula is C18H28N2O. The summed E-state index contributed by atoms with van der Waals surface area (Å²) in [6.45, 7) is 3.03. The number of ether oxygens (including phenoxy) is 1. The van der Waals surface area contributed by atoms with Gasteiger partial charge in [-0.15, -0.1) is 0 Å². The monoisotopic (exact) mass is 288 g/mol. The highest BCUT2D eigenvalue weighted by Gasteiger charge is 2.35. The van der Waals surface area contributed by atoms with Crippen LogP contribution in [0.15, 0.2) is 24.3 Å². The highest BCUT2D eigenvalue weighted by atomic mass is 16.5. The van der Waals surface area contributed by atoms with Gasteiger partial charge in [0.05, 0.1) is 12.1 Å². The standard InChI is InChI=1S/C18H28N2O/c1-3-13-8-10-14(11-9-13)20(2)16-12-21-17-7-5-4-6-15(17)18(16)19/h4-7,13-14,16,18H,3,8-12,19H2,1-2H3. The van der Waals surface area contributed by atoms with Crippen LogP contribution in [0.4, 0.5) is 0 Å². The molecule has 0 aromatic heterocycles. The second-order valence-corrected chi connectivity index (χ2v) is 6.69. The molecule has 0 spiro atoms. The van der Waals surface area contributed by atoms with Gasteiger partial charge in [-0.25, -0.2) is 0 Å². The smallest absolute Gasteiger partial charge is 0.124 e. The SMILES string of the molecule is CCC1CCC(N(C)C2COc3ccccc3C2N)CC1. The van der Waals surface area contributed by atoms with Crippen LogP contribution >= 0.6 is 0 Å². The van der Waals surface area contributed by atoms with Crippen LogP contribution in [-0.2, 0) is 0 Å². The van der Waals surface area contributed by atoms with E-state index in [4.69, 9.17) is 10.5 Å². The van der Waals surface area contributed by atoms with Gasteiger partial charge in [0.1, 0.15) is 12.4 Å². The molecule has 2 unspecified atom stereocenters. The average Bonchev–Trinajstić information content (AvgIpc) is 2.55. The van der Waals surface area contributed by atoms with E-state index in [-0.39, 0.29) is 6.04 Å². The van der Waals surface area contributed by atoms with Gasteiger partial charge in [0.15, 0.2) is 0 Å². The third-order valence-corrected chi connectivity index (χ3v) is 5.59. The van der Waals surface area contributed by atoms with Gasteiger partial charge in [-0.05, 0) is 44.7 Å². The minimum atomic E-state index is 0.0591. The molecule has 1 aliphatic heterocycles. The van der Waals surface area contributed by atoms with Crippen LogP contribution in [0.3, 0.4) is 0 Å². The lowest BCUT2D eigenvalue weighted by Gasteiger charge is -2.43. The number of benzene rings is 1. The molecule has 1 saturated carbocycles. The fraction of sp³-hybridized carbons (Fsp3) is 0.667. The van der Waals surface area contributed by atoms with E-state index in [1.54, 1.807) is 0 Å². The summed E-state index contributed by atoms with van der Waals surface area (Å²) in [6, 6.07) is 9.22. The second-order valence-electron chi connectivity index (χ2n) is 6.69. The van der Waals surface area contributed by atoms with E-state index in [2.05, 4.69) is 31.0 Å². The van der Waals surface area contributed by atoms with Crippen LogP contribution in [0.25, 0.3) is 0 Å². The zero-order chi connectivity index (χ0) is 14.8. The van der Waals surface area contributed by atoms with Gasteiger partial charge in [0, 0.05) is 11.6 Å². The van der Waals surface area contributed by atoms with Gasteiger partial charge in [0.25, 0.3) is 0 Å². The average molecular weight is 288 g/mol. The molecule has 1 aromatic rings. The van der Waals surface area contributed by atoms with Crippen molar-refractivity contribution in [2.45, 2.75) is 57.2 Å². The van der Waals surface area contributed by atoms with E-state index < -0.39 is 0 Å². The van der Waals surface area contributed by atoms with E-state index in [1.165, 1.54) is 32.1 Å². The minimum Gasteiger partial charge on any atom is -0.492 e. The molecule has 1 aliphatic carbocycles. The number of nitrogens with zero attached hydrogens (tertiary/aromatic N) is 1. The first-order valence-electron chi connectivity index (χ1n) is 8.40. The third-order valence-electron chi connectivity index (χ3n) is 5.59. The summed E-state index contributed by atoms with van der Waals surface area (Å²) in [5.74, 6) is 1.90. The van der Waals surface area contributed by atoms with Crippen molar-refractivity contribution in [1.29, 1.82) is 0 Å². The van der Waals surface area contributed by atoms with Crippen molar-refractivity contribution in [3.63, 3.8) is 0 Å². The van der Waals surface area contributed by atoms with Crippen LogP contribution in [0.2, 0.25) is 0 Å².